The van der Waals surface area contributed by atoms with Gasteiger partial charge in [0.15, 0.2) is 0 Å². The van der Waals surface area contributed by atoms with Gasteiger partial charge in [0.2, 0.25) is 0 Å². The Hall–Kier alpha value is -0.740. The lowest BCUT2D eigenvalue weighted by Crippen LogP contribution is -2.03. The Labute approximate surface area is 114 Å². The van der Waals surface area contributed by atoms with E-state index in [1.807, 2.05) is 0 Å². The zero-order chi connectivity index (χ0) is 13.1. The Kier molecular flexibility index (Phi) is 4.51. The summed E-state index contributed by atoms with van der Waals surface area (Å²) in [6, 6.07) is 2.63. The quantitative estimate of drug-likeness (QED) is 0.642. The average Bonchev–Trinajstić information content (AvgIpc) is 2.54. The summed E-state index contributed by atoms with van der Waals surface area (Å²) in [6.07, 6.45) is 4.92. The molecule has 1 aromatic rings. The number of rotatable bonds is 2. The minimum atomic E-state index is -0.547. The van der Waals surface area contributed by atoms with E-state index in [1.165, 1.54) is 12.1 Å². The SMILES string of the molecule is OC1C=C(Cc2c(F)ccc(Br)c2F)CCCC1. The third-order valence-corrected chi connectivity index (χ3v) is 3.83. The van der Waals surface area contributed by atoms with Gasteiger partial charge in [-0.1, -0.05) is 18.1 Å². The van der Waals surface area contributed by atoms with Gasteiger partial charge in [0, 0.05) is 5.56 Å². The van der Waals surface area contributed by atoms with Crippen LogP contribution in [0.5, 0.6) is 0 Å². The first-order valence-electron chi connectivity index (χ1n) is 6.08. The maximum atomic E-state index is 13.8. The molecule has 18 heavy (non-hydrogen) atoms. The van der Waals surface area contributed by atoms with E-state index in [0.29, 0.717) is 0 Å². The molecule has 1 atom stereocenters. The summed E-state index contributed by atoms with van der Waals surface area (Å²) in [4.78, 5) is 0. The molecular weight excluding hydrogens is 302 g/mol. The molecule has 0 radical (unpaired) electrons. The Balaban J connectivity index is 2.26. The molecule has 0 aromatic heterocycles. The van der Waals surface area contributed by atoms with Crippen LogP contribution in [-0.2, 0) is 6.42 Å². The van der Waals surface area contributed by atoms with Gasteiger partial charge in [0.05, 0.1) is 10.6 Å². The molecule has 0 spiro atoms. The molecule has 0 bridgehead atoms. The van der Waals surface area contributed by atoms with E-state index in [1.54, 1.807) is 6.08 Å². The standard InChI is InChI=1S/C14H15BrF2O/c15-12-5-6-13(16)11(14(12)17)8-9-3-1-2-4-10(18)7-9/h5-7,10,18H,1-4,8H2. The van der Waals surface area contributed by atoms with Crippen LogP contribution < -0.4 is 0 Å². The van der Waals surface area contributed by atoms with Crippen molar-refractivity contribution in [2.75, 3.05) is 0 Å². The maximum Gasteiger partial charge on any atom is 0.143 e. The molecule has 4 heteroatoms. The summed E-state index contributed by atoms with van der Waals surface area (Å²) in [5, 5.41) is 9.66. The van der Waals surface area contributed by atoms with Gasteiger partial charge in [-0.05, 0) is 53.7 Å². The van der Waals surface area contributed by atoms with E-state index < -0.39 is 17.7 Å². The van der Waals surface area contributed by atoms with Gasteiger partial charge in [0.1, 0.15) is 11.6 Å². The van der Waals surface area contributed by atoms with Crippen molar-refractivity contribution in [1.82, 2.24) is 0 Å². The van der Waals surface area contributed by atoms with Gasteiger partial charge in [0.25, 0.3) is 0 Å². The molecule has 1 N–H and O–H groups in total. The van der Waals surface area contributed by atoms with Crippen molar-refractivity contribution in [1.29, 1.82) is 0 Å². The van der Waals surface area contributed by atoms with Gasteiger partial charge in [-0.2, -0.15) is 0 Å². The zero-order valence-electron chi connectivity index (χ0n) is 9.93. The second-order valence-electron chi connectivity index (χ2n) is 4.64. The smallest absolute Gasteiger partial charge is 0.143 e. The molecule has 2 rings (SSSR count). The topological polar surface area (TPSA) is 20.2 Å². The summed E-state index contributed by atoms with van der Waals surface area (Å²) in [7, 11) is 0. The van der Waals surface area contributed by atoms with Gasteiger partial charge in [-0.3, -0.25) is 0 Å². The Morgan fingerprint density at radius 1 is 1.28 bits per heavy atom. The number of hydrogen-bond donors (Lipinski definition) is 1. The van der Waals surface area contributed by atoms with E-state index in [0.717, 1.165) is 31.3 Å². The maximum absolute atomic E-state index is 13.8. The summed E-state index contributed by atoms with van der Waals surface area (Å²) in [6.45, 7) is 0. The molecule has 1 aliphatic carbocycles. The molecule has 0 amide bonds. The average molecular weight is 317 g/mol. The van der Waals surface area contributed by atoms with E-state index in [4.69, 9.17) is 0 Å². The molecule has 0 aliphatic heterocycles. The van der Waals surface area contributed by atoms with Crippen molar-refractivity contribution < 1.29 is 13.9 Å². The predicted octanol–water partition coefficient (Wildman–Crippen LogP) is 4.13. The van der Waals surface area contributed by atoms with Crippen molar-refractivity contribution in [2.24, 2.45) is 0 Å². The van der Waals surface area contributed by atoms with Crippen LogP contribution in [0, 0.1) is 11.6 Å². The van der Waals surface area contributed by atoms with Gasteiger partial charge < -0.3 is 5.11 Å². The number of benzene rings is 1. The number of aliphatic hydroxyl groups excluding tert-OH is 1. The summed E-state index contributed by atoms with van der Waals surface area (Å²) in [5.74, 6) is -1.08. The van der Waals surface area contributed by atoms with Crippen molar-refractivity contribution in [3.05, 3.63) is 45.5 Å². The van der Waals surface area contributed by atoms with Crippen molar-refractivity contribution in [3.8, 4) is 0 Å². The van der Waals surface area contributed by atoms with Gasteiger partial charge in [-0.15, -0.1) is 0 Å². The Morgan fingerprint density at radius 3 is 2.83 bits per heavy atom. The highest BCUT2D eigenvalue weighted by Crippen LogP contribution is 2.27. The number of aliphatic hydroxyl groups is 1. The van der Waals surface area contributed by atoms with Crippen LogP contribution in [0.15, 0.2) is 28.3 Å². The second-order valence-corrected chi connectivity index (χ2v) is 5.49. The molecule has 0 saturated heterocycles. The van der Waals surface area contributed by atoms with Crippen LogP contribution in [0.25, 0.3) is 0 Å². The predicted molar refractivity (Wildman–Crippen MR) is 70.3 cm³/mol. The van der Waals surface area contributed by atoms with Crippen LogP contribution in [-0.4, -0.2) is 11.2 Å². The molecule has 1 nitrogen and oxygen atoms in total. The highest BCUT2D eigenvalue weighted by Gasteiger charge is 2.16. The minimum absolute atomic E-state index is 0.0738. The van der Waals surface area contributed by atoms with Crippen LogP contribution in [0.3, 0.4) is 0 Å². The summed E-state index contributed by atoms with van der Waals surface area (Å²) < 4.78 is 27.7. The fourth-order valence-corrected chi connectivity index (χ4v) is 2.62. The summed E-state index contributed by atoms with van der Waals surface area (Å²) >= 11 is 3.06. The first kappa shape index (κ1) is 13.7. The highest BCUT2D eigenvalue weighted by atomic mass is 79.9. The molecule has 98 valence electrons. The molecule has 1 aliphatic rings. The zero-order valence-corrected chi connectivity index (χ0v) is 11.5. The van der Waals surface area contributed by atoms with Crippen molar-refractivity contribution in [3.63, 3.8) is 0 Å². The second kappa shape index (κ2) is 5.93. The first-order chi connectivity index (χ1) is 8.58. The number of halogens is 3. The first-order valence-corrected chi connectivity index (χ1v) is 6.87. The van der Waals surface area contributed by atoms with E-state index in [2.05, 4.69) is 15.9 Å². The largest absolute Gasteiger partial charge is 0.389 e. The normalized spacial score (nSPS) is 20.4. The molecule has 1 aromatic carbocycles. The van der Waals surface area contributed by atoms with Crippen LogP contribution in [0.1, 0.15) is 31.2 Å². The number of allylic oxidation sites excluding steroid dienone is 1. The van der Waals surface area contributed by atoms with Crippen molar-refractivity contribution >= 4 is 15.9 Å². The molecule has 0 heterocycles. The highest BCUT2D eigenvalue weighted by molar-refractivity contribution is 9.10. The lowest BCUT2D eigenvalue weighted by atomic mass is 10.00. The molecule has 1 unspecified atom stereocenters. The third-order valence-electron chi connectivity index (χ3n) is 3.22. The molecular formula is C14H15BrF2O. The minimum Gasteiger partial charge on any atom is -0.389 e. The monoisotopic (exact) mass is 316 g/mol. The third kappa shape index (κ3) is 3.18. The van der Waals surface area contributed by atoms with Gasteiger partial charge in [-0.25, -0.2) is 8.78 Å². The van der Waals surface area contributed by atoms with Crippen LogP contribution in [0.2, 0.25) is 0 Å². The van der Waals surface area contributed by atoms with Crippen molar-refractivity contribution in [2.45, 2.75) is 38.2 Å². The van der Waals surface area contributed by atoms with Crippen LogP contribution in [0.4, 0.5) is 8.78 Å². The van der Waals surface area contributed by atoms with Crippen LogP contribution >= 0.6 is 15.9 Å². The van der Waals surface area contributed by atoms with Gasteiger partial charge >= 0.3 is 0 Å². The lowest BCUT2D eigenvalue weighted by Gasteiger charge is -2.09. The number of hydrogen-bond acceptors (Lipinski definition) is 1. The fourth-order valence-electron chi connectivity index (χ4n) is 2.25. The van der Waals surface area contributed by atoms with E-state index in [-0.39, 0.29) is 16.5 Å². The summed E-state index contributed by atoms with van der Waals surface area (Å²) in [5.41, 5.74) is 0.987. The Morgan fingerprint density at radius 2 is 2.06 bits per heavy atom. The molecule has 0 fully saturated rings. The van der Waals surface area contributed by atoms with E-state index >= 15 is 0 Å². The molecule has 0 saturated carbocycles. The van der Waals surface area contributed by atoms with E-state index in [9.17, 15) is 13.9 Å². The lowest BCUT2D eigenvalue weighted by molar-refractivity contribution is 0.211. The Bertz CT molecular complexity index is 471. The fraction of sp³-hybridized carbons (Fsp3) is 0.429.